The Bertz CT molecular complexity index is 907. The van der Waals surface area contributed by atoms with Crippen LogP contribution in [0.5, 0.6) is 11.5 Å². The second-order valence-corrected chi connectivity index (χ2v) is 8.39. The number of methoxy groups -OCH3 is 1. The fourth-order valence-corrected chi connectivity index (χ4v) is 4.71. The van der Waals surface area contributed by atoms with Crippen LogP contribution in [0.1, 0.15) is 56.1 Å². The van der Waals surface area contributed by atoms with Gasteiger partial charge in [0.15, 0.2) is 11.5 Å². The molecule has 1 saturated heterocycles. The maximum Gasteiger partial charge on any atom is 0.223 e. The van der Waals surface area contributed by atoms with Gasteiger partial charge in [-0.3, -0.25) is 4.79 Å². The molecule has 0 spiro atoms. The highest BCUT2D eigenvalue weighted by molar-refractivity contribution is 5.80. The minimum absolute atomic E-state index is 0.0786. The number of nitrogens with one attached hydrogen (secondary N) is 1. The quantitative estimate of drug-likeness (QED) is 0.766. The van der Waals surface area contributed by atoms with Crippen molar-refractivity contribution in [1.82, 2.24) is 5.32 Å². The number of hydrogen-bond acceptors (Lipinski definition) is 3. The third-order valence-corrected chi connectivity index (χ3v) is 6.20. The predicted molar refractivity (Wildman–Crippen MR) is 115 cm³/mol. The molecule has 4 rings (SSSR count). The summed E-state index contributed by atoms with van der Waals surface area (Å²) in [4.78, 5) is 12.6. The lowest BCUT2D eigenvalue weighted by Crippen LogP contribution is -2.41. The Morgan fingerprint density at radius 1 is 1.21 bits per heavy atom. The molecule has 154 valence electrons. The van der Waals surface area contributed by atoms with Crippen molar-refractivity contribution < 1.29 is 15.6 Å². The van der Waals surface area contributed by atoms with Gasteiger partial charge in [-0.05, 0) is 57.1 Å². The van der Waals surface area contributed by atoms with E-state index in [9.17, 15) is 4.79 Å². The molecule has 0 aromatic heterocycles. The summed E-state index contributed by atoms with van der Waals surface area (Å²) in [5, 5.41) is 3.09. The zero-order chi connectivity index (χ0) is 21.1. The summed E-state index contributed by atoms with van der Waals surface area (Å²) in [5.74, 6) is 1.38. The fraction of sp³-hybridized carbons (Fsp3) is 0.480. The summed E-state index contributed by atoms with van der Waals surface area (Å²) in [6.45, 7) is 2.66. The average Bonchev–Trinajstić information content (AvgIpc) is 3.24. The van der Waals surface area contributed by atoms with Gasteiger partial charge in [-0.1, -0.05) is 42.0 Å². The third kappa shape index (κ3) is 4.58. The molecule has 0 radical (unpaired) electrons. The first kappa shape index (κ1) is 18.5. The van der Waals surface area contributed by atoms with Crippen LogP contribution >= 0.6 is 0 Å². The van der Waals surface area contributed by atoms with Crippen LogP contribution in [0.4, 0.5) is 0 Å². The Morgan fingerprint density at radius 3 is 2.79 bits per heavy atom. The van der Waals surface area contributed by atoms with E-state index >= 15 is 0 Å². The average molecular weight is 395 g/mol. The van der Waals surface area contributed by atoms with E-state index in [1.54, 1.807) is 13.2 Å². The first-order valence-corrected chi connectivity index (χ1v) is 10.7. The number of piperidine rings is 1. The molecule has 2 aromatic rings. The van der Waals surface area contributed by atoms with Crippen LogP contribution in [0.25, 0.3) is 0 Å². The highest BCUT2D eigenvalue weighted by atomic mass is 16.5. The van der Waals surface area contributed by atoms with E-state index in [1.165, 1.54) is 24.0 Å². The number of carbonyl (C=O) groups is 1. The van der Waals surface area contributed by atoms with Crippen LogP contribution < -0.4 is 14.8 Å². The SMILES string of the molecule is [2H]c1ccc([C@H]2CNC(=O)[C@H](Cc3cccc(C)c3)C2)c(OC)c1OC1CCCC1. The first-order valence-electron chi connectivity index (χ1n) is 11.2. The lowest BCUT2D eigenvalue weighted by Gasteiger charge is -2.31. The molecule has 2 fully saturated rings. The van der Waals surface area contributed by atoms with Gasteiger partial charge in [0, 0.05) is 23.9 Å². The number of rotatable bonds is 6. The summed E-state index contributed by atoms with van der Waals surface area (Å²) in [6, 6.07) is 12.5. The van der Waals surface area contributed by atoms with Gasteiger partial charge in [0.25, 0.3) is 0 Å². The van der Waals surface area contributed by atoms with Crippen LogP contribution in [0.15, 0.2) is 42.4 Å². The van der Waals surface area contributed by atoms with E-state index in [1.807, 2.05) is 12.1 Å². The molecule has 29 heavy (non-hydrogen) atoms. The fourth-order valence-electron chi connectivity index (χ4n) is 4.71. The molecule has 1 amide bonds. The molecule has 4 nitrogen and oxygen atoms in total. The molecule has 1 heterocycles. The second-order valence-electron chi connectivity index (χ2n) is 8.39. The summed E-state index contributed by atoms with van der Waals surface area (Å²) < 4.78 is 20.3. The van der Waals surface area contributed by atoms with Gasteiger partial charge in [-0.2, -0.15) is 0 Å². The van der Waals surface area contributed by atoms with E-state index in [2.05, 4.69) is 30.4 Å². The minimum atomic E-state index is -0.0786. The molecular weight excluding hydrogens is 362 g/mol. The number of carbonyl (C=O) groups excluding carboxylic acids is 1. The summed E-state index contributed by atoms with van der Waals surface area (Å²) >= 11 is 0. The summed E-state index contributed by atoms with van der Waals surface area (Å²) in [6.07, 6.45) is 6.07. The Kier molecular flexibility index (Phi) is 5.68. The zero-order valence-electron chi connectivity index (χ0n) is 18.4. The largest absolute Gasteiger partial charge is 0.493 e. The van der Waals surface area contributed by atoms with Crippen LogP contribution in [0, 0.1) is 12.8 Å². The molecule has 1 aliphatic carbocycles. The van der Waals surface area contributed by atoms with Crippen molar-refractivity contribution in [3.63, 3.8) is 0 Å². The zero-order valence-corrected chi connectivity index (χ0v) is 17.4. The van der Waals surface area contributed by atoms with Gasteiger partial charge < -0.3 is 14.8 Å². The molecule has 1 aliphatic heterocycles. The van der Waals surface area contributed by atoms with E-state index in [-0.39, 0.29) is 23.8 Å². The lowest BCUT2D eigenvalue weighted by molar-refractivity contribution is -0.126. The van der Waals surface area contributed by atoms with Crippen LogP contribution in [0.2, 0.25) is 0 Å². The van der Waals surface area contributed by atoms with Crippen LogP contribution in [-0.4, -0.2) is 25.7 Å². The number of aryl methyl sites for hydroxylation is 1. The number of hydrogen-bond donors (Lipinski definition) is 1. The van der Waals surface area contributed by atoms with Crippen molar-refractivity contribution in [2.75, 3.05) is 13.7 Å². The monoisotopic (exact) mass is 394 g/mol. The van der Waals surface area contributed by atoms with E-state index in [0.717, 1.165) is 31.2 Å². The Hall–Kier alpha value is -2.49. The van der Waals surface area contributed by atoms with Crippen molar-refractivity contribution in [1.29, 1.82) is 0 Å². The molecule has 0 unspecified atom stereocenters. The maximum atomic E-state index is 12.6. The molecule has 4 heteroatoms. The van der Waals surface area contributed by atoms with Gasteiger partial charge in [-0.25, -0.2) is 0 Å². The molecule has 1 saturated carbocycles. The van der Waals surface area contributed by atoms with Crippen molar-refractivity contribution in [3.05, 3.63) is 59.1 Å². The molecule has 2 aliphatic rings. The van der Waals surface area contributed by atoms with E-state index in [4.69, 9.17) is 10.8 Å². The minimum Gasteiger partial charge on any atom is -0.493 e. The van der Waals surface area contributed by atoms with Crippen LogP contribution in [-0.2, 0) is 11.2 Å². The Balaban J connectivity index is 1.57. The topological polar surface area (TPSA) is 47.6 Å². The van der Waals surface area contributed by atoms with Gasteiger partial charge in [0.1, 0.15) is 0 Å². The molecule has 2 atom stereocenters. The molecule has 1 N–H and O–H groups in total. The van der Waals surface area contributed by atoms with Gasteiger partial charge in [0.2, 0.25) is 5.91 Å². The Morgan fingerprint density at radius 2 is 2.03 bits per heavy atom. The lowest BCUT2D eigenvalue weighted by atomic mass is 9.81. The number of ether oxygens (including phenoxy) is 2. The van der Waals surface area contributed by atoms with Crippen molar-refractivity contribution >= 4 is 5.91 Å². The van der Waals surface area contributed by atoms with E-state index < -0.39 is 0 Å². The van der Waals surface area contributed by atoms with Crippen molar-refractivity contribution in [2.24, 2.45) is 5.92 Å². The Labute approximate surface area is 175 Å². The van der Waals surface area contributed by atoms with Crippen molar-refractivity contribution in [3.8, 4) is 11.5 Å². The van der Waals surface area contributed by atoms with Crippen molar-refractivity contribution in [2.45, 2.75) is 57.5 Å². The second kappa shape index (κ2) is 8.89. The highest BCUT2D eigenvalue weighted by Gasteiger charge is 2.32. The van der Waals surface area contributed by atoms with Gasteiger partial charge >= 0.3 is 0 Å². The number of benzene rings is 2. The normalized spacial score (nSPS) is 22.8. The van der Waals surface area contributed by atoms with Crippen LogP contribution in [0.3, 0.4) is 0 Å². The molecule has 0 bridgehead atoms. The molecular formula is C25H31NO3. The third-order valence-electron chi connectivity index (χ3n) is 6.20. The smallest absolute Gasteiger partial charge is 0.223 e. The van der Waals surface area contributed by atoms with E-state index in [0.29, 0.717) is 24.1 Å². The maximum absolute atomic E-state index is 12.6. The predicted octanol–water partition coefficient (Wildman–Crippen LogP) is 4.79. The van der Waals surface area contributed by atoms with Gasteiger partial charge in [-0.15, -0.1) is 0 Å². The molecule has 2 aromatic carbocycles. The first-order chi connectivity index (χ1) is 14.5. The van der Waals surface area contributed by atoms with Gasteiger partial charge in [0.05, 0.1) is 14.6 Å². The highest BCUT2D eigenvalue weighted by Crippen LogP contribution is 2.41. The number of amides is 1. The standard InChI is InChI=1S/C25H31NO3/c1-17-7-5-8-18(13-17)14-19-15-20(16-26-25(19)27)22-11-6-12-23(24(22)28-2)29-21-9-3-4-10-21/h5-8,11-13,19-21H,3-4,9-10,14-16H2,1-2H3,(H,26,27)/t19-,20-/m1/s1/i12D. The summed E-state index contributed by atoms with van der Waals surface area (Å²) in [5.41, 5.74) is 3.42. The summed E-state index contributed by atoms with van der Waals surface area (Å²) in [7, 11) is 1.64. The number of para-hydroxylation sites is 1.